The van der Waals surface area contributed by atoms with Crippen LogP contribution in [0.5, 0.6) is 5.75 Å². The van der Waals surface area contributed by atoms with E-state index in [2.05, 4.69) is 37.6 Å². The number of benzene rings is 1. The van der Waals surface area contributed by atoms with Crippen molar-refractivity contribution in [2.24, 2.45) is 12.0 Å². The van der Waals surface area contributed by atoms with Crippen LogP contribution in [0.3, 0.4) is 0 Å². The minimum atomic E-state index is -2.84. The van der Waals surface area contributed by atoms with Gasteiger partial charge in [-0.3, -0.25) is 0 Å². The number of guanidine groups is 1. The third-order valence-corrected chi connectivity index (χ3v) is 5.34. The van der Waals surface area contributed by atoms with Crippen molar-refractivity contribution in [1.29, 1.82) is 0 Å². The van der Waals surface area contributed by atoms with Gasteiger partial charge in [-0.15, -0.1) is 10.2 Å². The average Bonchev–Trinajstić information content (AvgIpc) is 3.33. The Bertz CT molecular complexity index is 871. The Morgan fingerprint density at radius 2 is 2.13 bits per heavy atom. The number of nitrogens with one attached hydrogen (secondary N) is 2. The second kappa shape index (κ2) is 10.9. The van der Waals surface area contributed by atoms with Gasteiger partial charge in [0.25, 0.3) is 0 Å². The third kappa shape index (κ3) is 6.28. The molecule has 0 radical (unpaired) electrons. The predicted molar refractivity (Wildman–Crippen MR) is 117 cm³/mol. The highest BCUT2D eigenvalue weighted by molar-refractivity contribution is 5.80. The van der Waals surface area contributed by atoms with Crippen LogP contribution in [0, 0.1) is 6.92 Å². The fraction of sp³-hybridized carbons (Fsp3) is 0.571. The standard InChI is InChI=1S/C21H31F2N7O/c1-4-5-11-24-21(25-13-19-28-27-15(2)29(19)3)26-16-10-12-30(14-16)17-8-6-7-9-18(17)31-20(22)23/h6-9,16,20H,4-5,10-14H2,1-3H3,(H2,24,25,26). The molecule has 3 rings (SSSR count). The first-order chi connectivity index (χ1) is 15.0. The van der Waals surface area contributed by atoms with Gasteiger partial charge in [-0.2, -0.15) is 8.78 Å². The van der Waals surface area contributed by atoms with Crippen molar-refractivity contribution in [2.45, 2.75) is 52.3 Å². The molecule has 1 aliphatic rings. The topological polar surface area (TPSA) is 79.6 Å². The summed E-state index contributed by atoms with van der Waals surface area (Å²) in [6.45, 7) is 3.85. The fourth-order valence-electron chi connectivity index (χ4n) is 3.48. The molecule has 0 aliphatic carbocycles. The number of hydrogen-bond donors (Lipinski definition) is 2. The molecular formula is C21H31F2N7O. The Morgan fingerprint density at radius 3 is 2.84 bits per heavy atom. The summed E-state index contributed by atoms with van der Waals surface area (Å²) in [7, 11) is 1.92. The van der Waals surface area contributed by atoms with E-state index in [-0.39, 0.29) is 11.8 Å². The van der Waals surface area contributed by atoms with Crippen molar-refractivity contribution in [1.82, 2.24) is 25.4 Å². The predicted octanol–water partition coefficient (Wildman–Crippen LogP) is 2.84. The molecule has 1 atom stereocenters. The van der Waals surface area contributed by atoms with E-state index in [4.69, 9.17) is 4.74 Å². The highest BCUT2D eigenvalue weighted by atomic mass is 19.3. The molecule has 1 fully saturated rings. The van der Waals surface area contributed by atoms with Crippen LogP contribution in [0.4, 0.5) is 14.5 Å². The third-order valence-electron chi connectivity index (χ3n) is 5.34. The SMILES string of the molecule is CCCCNC(=NCc1nnc(C)n1C)NC1CCN(c2ccccc2OC(F)F)C1. The number of anilines is 1. The zero-order chi connectivity index (χ0) is 22.2. The van der Waals surface area contributed by atoms with Gasteiger partial charge in [0.05, 0.1) is 5.69 Å². The Kier molecular flexibility index (Phi) is 8.02. The summed E-state index contributed by atoms with van der Waals surface area (Å²) in [5, 5.41) is 15.1. The summed E-state index contributed by atoms with van der Waals surface area (Å²) in [6, 6.07) is 7.05. The van der Waals surface area contributed by atoms with Gasteiger partial charge in [0, 0.05) is 32.7 Å². The summed E-state index contributed by atoms with van der Waals surface area (Å²) in [6.07, 6.45) is 2.99. The van der Waals surface area contributed by atoms with Crippen LogP contribution in [0.2, 0.25) is 0 Å². The van der Waals surface area contributed by atoms with E-state index in [1.807, 2.05) is 30.7 Å². The van der Waals surface area contributed by atoms with Gasteiger partial charge in [-0.1, -0.05) is 25.5 Å². The number of alkyl halides is 2. The van der Waals surface area contributed by atoms with Crippen LogP contribution < -0.4 is 20.3 Å². The summed E-state index contributed by atoms with van der Waals surface area (Å²) >= 11 is 0. The second-order valence-corrected chi connectivity index (χ2v) is 7.59. The number of unbranched alkanes of at least 4 members (excludes halogenated alkanes) is 1. The van der Waals surface area contributed by atoms with Crippen molar-refractivity contribution < 1.29 is 13.5 Å². The normalized spacial score (nSPS) is 16.8. The van der Waals surface area contributed by atoms with Crippen LogP contribution in [-0.2, 0) is 13.6 Å². The number of rotatable bonds is 9. The van der Waals surface area contributed by atoms with Gasteiger partial charge >= 0.3 is 6.61 Å². The molecule has 1 aliphatic heterocycles. The quantitative estimate of drug-likeness (QED) is 0.358. The van der Waals surface area contributed by atoms with Crippen LogP contribution >= 0.6 is 0 Å². The van der Waals surface area contributed by atoms with E-state index < -0.39 is 6.61 Å². The molecule has 170 valence electrons. The molecule has 1 aromatic carbocycles. The van der Waals surface area contributed by atoms with Gasteiger partial charge in [0.2, 0.25) is 0 Å². The van der Waals surface area contributed by atoms with Crippen molar-refractivity contribution in [3.63, 3.8) is 0 Å². The van der Waals surface area contributed by atoms with Crippen LogP contribution in [-0.4, -0.2) is 53.0 Å². The lowest BCUT2D eigenvalue weighted by atomic mass is 10.2. The maximum absolute atomic E-state index is 12.7. The van der Waals surface area contributed by atoms with Gasteiger partial charge in [-0.05, 0) is 31.9 Å². The van der Waals surface area contributed by atoms with Crippen LogP contribution in [0.25, 0.3) is 0 Å². The molecule has 0 saturated carbocycles. The van der Waals surface area contributed by atoms with Gasteiger partial charge in [-0.25, -0.2) is 4.99 Å². The number of nitrogens with zero attached hydrogens (tertiary/aromatic N) is 5. The van der Waals surface area contributed by atoms with Gasteiger partial charge in [0.1, 0.15) is 18.1 Å². The molecular weight excluding hydrogens is 404 g/mol. The minimum absolute atomic E-state index is 0.133. The monoisotopic (exact) mass is 435 g/mol. The molecule has 2 aromatic rings. The lowest BCUT2D eigenvalue weighted by Gasteiger charge is -2.22. The average molecular weight is 436 g/mol. The molecule has 0 bridgehead atoms. The molecule has 8 nitrogen and oxygen atoms in total. The first kappa shape index (κ1) is 22.8. The molecule has 1 unspecified atom stereocenters. The summed E-state index contributed by atoms with van der Waals surface area (Å²) in [5.74, 6) is 2.55. The molecule has 2 N–H and O–H groups in total. The smallest absolute Gasteiger partial charge is 0.387 e. The van der Waals surface area contributed by atoms with Crippen molar-refractivity contribution in [3.05, 3.63) is 35.9 Å². The van der Waals surface area contributed by atoms with Crippen LogP contribution in [0.1, 0.15) is 37.8 Å². The van der Waals surface area contributed by atoms with Gasteiger partial charge in [0.15, 0.2) is 11.8 Å². The highest BCUT2D eigenvalue weighted by Gasteiger charge is 2.26. The Balaban J connectivity index is 1.65. The Hall–Kier alpha value is -2.91. The summed E-state index contributed by atoms with van der Waals surface area (Å²) in [4.78, 5) is 6.75. The molecule has 2 heterocycles. The maximum atomic E-state index is 12.7. The highest BCUT2D eigenvalue weighted by Crippen LogP contribution is 2.31. The number of aliphatic imine (C=N–C) groups is 1. The second-order valence-electron chi connectivity index (χ2n) is 7.59. The number of halogens is 2. The lowest BCUT2D eigenvalue weighted by molar-refractivity contribution is -0.0495. The van der Waals surface area contributed by atoms with E-state index in [0.717, 1.165) is 50.0 Å². The van der Waals surface area contributed by atoms with E-state index in [1.165, 1.54) is 0 Å². The zero-order valence-corrected chi connectivity index (χ0v) is 18.3. The molecule has 1 aromatic heterocycles. The van der Waals surface area contributed by atoms with E-state index in [0.29, 0.717) is 18.8 Å². The van der Waals surface area contributed by atoms with Gasteiger partial charge < -0.3 is 24.8 Å². The molecule has 0 spiro atoms. The largest absolute Gasteiger partial charge is 0.433 e. The summed E-state index contributed by atoms with van der Waals surface area (Å²) in [5.41, 5.74) is 0.680. The van der Waals surface area contributed by atoms with E-state index >= 15 is 0 Å². The van der Waals surface area contributed by atoms with E-state index in [9.17, 15) is 8.78 Å². The zero-order valence-electron chi connectivity index (χ0n) is 18.3. The first-order valence-electron chi connectivity index (χ1n) is 10.7. The van der Waals surface area contributed by atoms with Crippen molar-refractivity contribution in [2.75, 3.05) is 24.5 Å². The minimum Gasteiger partial charge on any atom is -0.433 e. The molecule has 0 amide bonds. The molecule has 1 saturated heterocycles. The Morgan fingerprint density at radius 1 is 1.32 bits per heavy atom. The number of aryl methyl sites for hydroxylation is 1. The van der Waals surface area contributed by atoms with Crippen molar-refractivity contribution in [3.8, 4) is 5.75 Å². The lowest BCUT2D eigenvalue weighted by Crippen LogP contribution is -2.45. The molecule has 31 heavy (non-hydrogen) atoms. The first-order valence-corrected chi connectivity index (χ1v) is 10.7. The van der Waals surface area contributed by atoms with Crippen LogP contribution in [0.15, 0.2) is 29.3 Å². The number of aromatic nitrogens is 3. The summed E-state index contributed by atoms with van der Waals surface area (Å²) < 4.78 is 32.1. The molecule has 10 heteroatoms. The number of ether oxygens (including phenoxy) is 1. The Labute approximate surface area is 181 Å². The van der Waals surface area contributed by atoms with E-state index in [1.54, 1.807) is 12.1 Å². The fourth-order valence-corrected chi connectivity index (χ4v) is 3.48. The van der Waals surface area contributed by atoms with Crippen molar-refractivity contribution >= 4 is 11.6 Å². The number of para-hydroxylation sites is 2. The number of hydrogen-bond acceptors (Lipinski definition) is 5. The maximum Gasteiger partial charge on any atom is 0.387 e.